The fraction of sp³-hybridized carbons (Fsp3) is 0.350. The van der Waals surface area contributed by atoms with E-state index in [0.717, 1.165) is 57.5 Å². The second-order valence-electron chi connectivity index (χ2n) is 14.6. The number of hydrogen-bond acceptors (Lipinski definition) is 7. The van der Waals surface area contributed by atoms with Crippen LogP contribution in [0, 0.1) is 23.6 Å². The van der Waals surface area contributed by atoms with Crippen LogP contribution in [0.4, 0.5) is 23.4 Å². The van der Waals surface area contributed by atoms with Crippen LogP contribution in [0.25, 0.3) is 32.8 Å². The molecule has 11 heteroatoms. The third-order valence-corrected chi connectivity index (χ3v) is 11.0. The Morgan fingerprint density at radius 1 is 0.980 bits per heavy atom. The van der Waals surface area contributed by atoms with Crippen molar-refractivity contribution in [1.82, 2.24) is 20.2 Å². The summed E-state index contributed by atoms with van der Waals surface area (Å²) in [6.45, 7) is 3.86. The maximum atomic E-state index is 17.2. The Labute approximate surface area is 292 Å². The number of anilines is 1. The molecule has 1 aromatic heterocycles. The number of nitrogens with one attached hydrogen (secondary N) is 1. The fourth-order valence-corrected chi connectivity index (χ4v) is 8.42. The molecule has 51 heavy (non-hydrogen) atoms. The Kier molecular flexibility index (Phi) is 7.42. The summed E-state index contributed by atoms with van der Waals surface area (Å²) < 4.78 is 68.7. The first-order valence-corrected chi connectivity index (χ1v) is 17.3. The summed E-state index contributed by atoms with van der Waals surface area (Å²) in [6, 6.07) is 16.9. The van der Waals surface area contributed by atoms with Gasteiger partial charge in [0.25, 0.3) is 0 Å². The molecule has 0 radical (unpaired) electrons. The van der Waals surface area contributed by atoms with E-state index < -0.39 is 23.1 Å². The number of terminal acetylenes is 1. The van der Waals surface area contributed by atoms with Crippen LogP contribution in [0.15, 0.2) is 60.7 Å². The monoisotopic (exact) mass is 693 g/mol. The number of phenolic OH excluding ortho intramolecular Hbond substituents is 1. The van der Waals surface area contributed by atoms with E-state index in [4.69, 9.17) is 16.1 Å². The minimum absolute atomic E-state index is 0.0465. The average molecular weight is 694 g/mol. The number of phenols is 1. The first-order valence-electron chi connectivity index (χ1n) is 17.3. The van der Waals surface area contributed by atoms with Crippen molar-refractivity contribution in [3.8, 4) is 35.2 Å². The highest BCUT2D eigenvalue weighted by Crippen LogP contribution is 2.49. The standard InChI is InChI=1S/C40H35F4N5O2/c1-2-23-8-5-9-24-14-29(50)15-30(33(23)24)34-32(40(42,43)44)16-31-36(35(34)41)46-38(47-37(31)49-19-27-10-11-28(20-49)45-27)51-22-39(12-13-39)21-48-17-25-6-3-4-7-26(25)18-48/h1,3-9,14-16,27-28,45,50H,10-13,17-22H2. The number of hydrogen-bond donors (Lipinski definition) is 2. The highest BCUT2D eigenvalue weighted by atomic mass is 19.4. The first-order chi connectivity index (χ1) is 24.6. The third-order valence-electron chi connectivity index (χ3n) is 11.0. The fourth-order valence-electron chi connectivity index (χ4n) is 8.42. The van der Waals surface area contributed by atoms with Gasteiger partial charge in [0.15, 0.2) is 5.82 Å². The van der Waals surface area contributed by atoms with E-state index in [1.54, 1.807) is 18.2 Å². The van der Waals surface area contributed by atoms with E-state index in [0.29, 0.717) is 25.1 Å². The Morgan fingerprint density at radius 3 is 2.37 bits per heavy atom. The molecule has 2 N–H and O–H groups in total. The molecule has 3 aliphatic heterocycles. The molecule has 9 rings (SSSR count). The highest BCUT2D eigenvalue weighted by molar-refractivity contribution is 6.05. The number of ether oxygens (including phenoxy) is 1. The van der Waals surface area contributed by atoms with Crippen LogP contribution in [-0.2, 0) is 19.3 Å². The summed E-state index contributed by atoms with van der Waals surface area (Å²) in [5.41, 5.74) is 0.406. The number of nitrogens with zero attached hydrogens (tertiary/aromatic N) is 4. The summed E-state index contributed by atoms with van der Waals surface area (Å²) >= 11 is 0. The number of fused-ring (bicyclic) bond motifs is 5. The lowest BCUT2D eigenvalue weighted by molar-refractivity contribution is -0.137. The van der Waals surface area contributed by atoms with Gasteiger partial charge in [0.1, 0.15) is 17.1 Å². The quantitative estimate of drug-likeness (QED) is 0.136. The summed E-state index contributed by atoms with van der Waals surface area (Å²) in [5.74, 6) is 1.23. The summed E-state index contributed by atoms with van der Waals surface area (Å²) in [6.07, 6.45) is 4.59. The van der Waals surface area contributed by atoms with Crippen LogP contribution >= 0.6 is 0 Å². The van der Waals surface area contributed by atoms with Crippen LogP contribution in [0.5, 0.6) is 11.8 Å². The number of aromatic nitrogens is 2. The molecule has 3 fully saturated rings. The zero-order valence-electron chi connectivity index (χ0n) is 27.7. The number of halogens is 4. The first kappa shape index (κ1) is 32.0. The summed E-state index contributed by atoms with van der Waals surface area (Å²) in [5, 5.41) is 14.7. The molecule has 260 valence electrons. The molecule has 4 heterocycles. The lowest BCUT2D eigenvalue weighted by Crippen LogP contribution is -2.51. The number of aromatic hydroxyl groups is 1. The van der Waals surface area contributed by atoms with Crippen LogP contribution in [-0.4, -0.2) is 58.3 Å². The van der Waals surface area contributed by atoms with Crippen LogP contribution in [0.3, 0.4) is 0 Å². The van der Waals surface area contributed by atoms with Crippen molar-refractivity contribution in [1.29, 1.82) is 0 Å². The number of benzene rings is 4. The van der Waals surface area contributed by atoms with Crippen molar-refractivity contribution in [3.63, 3.8) is 0 Å². The van der Waals surface area contributed by atoms with Crippen LogP contribution in [0.1, 0.15) is 47.9 Å². The molecule has 1 aliphatic carbocycles. The highest BCUT2D eigenvalue weighted by Gasteiger charge is 2.46. The van der Waals surface area contributed by atoms with Gasteiger partial charge in [-0.2, -0.15) is 23.1 Å². The largest absolute Gasteiger partial charge is 0.508 e. The summed E-state index contributed by atoms with van der Waals surface area (Å²) in [4.78, 5) is 13.6. The van der Waals surface area contributed by atoms with Gasteiger partial charge in [-0.15, -0.1) is 6.42 Å². The van der Waals surface area contributed by atoms with Crippen LogP contribution < -0.4 is 15.0 Å². The number of alkyl halides is 3. The Bertz CT molecular complexity index is 2230. The number of rotatable bonds is 7. The van der Waals surface area contributed by atoms with Gasteiger partial charge in [0, 0.05) is 72.1 Å². The minimum Gasteiger partial charge on any atom is -0.508 e. The van der Waals surface area contributed by atoms with Crippen molar-refractivity contribution < 1.29 is 27.4 Å². The molecular formula is C40H35F4N5O2. The molecule has 2 saturated heterocycles. The maximum absolute atomic E-state index is 17.2. The smallest absolute Gasteiger partial charge is 0.417 e. The lowest BCUT2D eigenvalue weighted by Gasteiger charge is -2.34. The maximum Gasteiger partial charge on any atom is 0.417 e. The van der Waals surface area contributed by atoms with Gasteiger partial charge in [0.05, 0.1) is 12.2 Å². The number of piperazine rings is 1. The molecule has 2 atom stereocenters. The van der Waals surface area contributed by atoms with E-state index in [1.807, 2.05) is 4.90 Å². The Hall–Kier alpha value is -4.92. The van der Waals surface area contributed by atoms with E-state index in [2.05, 4.69) is 45.4 Å². The molecule has 2 unspecified atom stereocenters. The van der Waals surface area contributed by atoms with Crippen molar-refractivity contribution in [2.24, 2.45) is 5.41 Å². The molecule has 0 amide bonds. The van der Waals surface area contributed by atoms with Gasteiger partial charge in [-0.1, -0.05) is 42.3 Å². The molecular weight excluding hydrogens is 658 g/mol. The van der Waals surface area contributed by atoms with Crippen molar-refractivity contribution in [3.05, 3.63) is 88.7 Å². The SMILES string of the molecule is C#Cc1cccc2cc(O)cc(-c3c(C(F)(F)F)cc4c(N5CC6CCC(C5)N6)nc(OCC5(CN6Cc7ccccc7C6)CC5)nc4c3F)c12. The van der Waals surface area contributed by atoms with Gasteiger partial charge < -0.3 is 20.1 Å². The molecule has 2 bridgehead atoms. The van der Waals surface area contributed by atoms with Gasteiger partial charge in [-0.25, -0.2) is 4.39 Å². The van der Waals surface area contributed by atoms with Gasteiger partial charge in [0.2, 0.25) is 0 Å². The minimum atomic E-state index is -4.96. The Balaban J connectivity index is 1.16. The second kappa shape index (κ2) is 11.8. The summed E-state index contributed by atoms with van der Waals surface area (Å²) in [7, 11) is 0. The second-order valence-corrected chi connectivity index (χ2v) is 14.6. The van der Waals surface area contributed by atoms with Crippen LogP contribution in [0.2, 0.25) is 0 Å². The van der Waals surface area contributed by atoms with E-state index >= 15 is 17.6 Å². The van der Waals surface area contributed by atoms with E-state index in [1.165, 1.54) is 17.2 Å². The molecule has 4 aliphatic rings. The van der Waals surface area contributed by atoms with Gasteiger partial charge in [-0.3, -0.25) is 4.90 Å². The normalized spacial score (nSPS) is 20.9. The van der Waals surface area contributed by atoms with E-state index in [-0.39, 0.29) is 62.5 Å². The van der Waals surface area contributed by atoms with Crippen molar-refractivity contribution >= 4 is 27.5 Å². The molecule has 4 aromatic carbocycles. The van der Waals surface area contributed by atoms with Crippen molar-refractivity contribution in [2.45, 2.75) is 57.0 Å². The molecule has 1 saturated carbocycles. The topological polar surface area (TPSA) is 73.8 Å². The van der Waals surface area contributed by atoms with Gasteiger partial charge in [-0.05, 0) is 72.0 Å². The van der Waals surface area contributed by atoms with E-state index in [9.17, 15) is 5.11 Å². The molecule has 5 aromatic rings. The lowest BCUT2D eigenvalue weighted by atomic mass is 9.90. The zero-order chi connectivity index (χ0) is 35.1. The third kappa shape index (κ3) is 5.71. The predicted molar refractivity (Wildman–Crippen MR) is 187 cm³/mol. The van der Waals surface area contributed by atoms with Crippen molar-refractivity contribution in [2.75, 3.05) is 31.1 Å². The predicted octanol–water partition coefficient (Wildman–Crippen LogP) is 7.41. The average Bonchev–Trinajstić information content (AvgIpc) is 3.61. The molecule has 0 spiro atoms. The Morgan fingerprint density at radius 2 is 1.71 bits per heavy atom. The van der Waals surface area contributed by atoms with Gasteiger partial charge >= 0.3 is 12.2 Å². The zero-order valence-corrected chi connectivity index (χ0v) is 27.7. The molecule has 7 nitrogen and oxygen atoms in total.